The van der Waals surface area contributed by atoms with E-state index in [9.17, 15) is 4.79 Å². The molecule has 0 unspecified atom stereocenters. The molecule has 1 heterocycles. The second-order valence-electron chi connectivity index (χ2n) is 6.33. The van der Waals surface area contributed by atoms with Crippen molar-refractivity contribution in [2.24, 2.45) is 5.92 Å². The highest BCUT2D eigenvalue weighted by Crippen LogP contribution is 2.31. The Morgan fingerprint density at radius 2 is 2.13 bits per heavy atom. The molecule has 1 aliphatic rings. The van der Waals surface area contributed by atoms with Crippen molar-refractivity contribution in [2.45, 2.75) is 45.1 Å². The molecule has 122 valence electrons. The van der Waals surface area contributed by atoms with Crippen molar-refractivity contribution in [2.75, 3.05) is 5.32 Å². The number of carboxylic acid groups (broad SMARTS) is 1. The van der Waals surface area contributed by atoms with E-state index in [2.05, 4.69) is 29.4 Å². The summed E-state index contributed by atoms with van der Waals surface area (Å²) >= 11 is 0. The van der Waals surface area contributed by atoms with E-state index >= 15 is 0 Å². The molecule has 2 N–H and O–H groups in total. The normalized spacial score (nSPS) is 21.1. The molecule has 1 saturated carbocycles. The molecule has 0 aliphatic heterocycles. The lowest BCUT2D eigenvalue weighted by Gasteiger charge is -2.29. The van der Waals surface area contributed by atoms with Gasteiger partial charge in [-0.05, 0) is 56.2 Å². The van der Waals surface area contributed by atoms with Gasteiger partial charge in [-0.15, -0.1) is 0 Å². The Morgan fingerprint density at radius 3 is 2.78 bits per heavy atom. The van der Waals surface area contributed by atoms with Gasteiger partial charge in [0.05, 0.1) is 6.20 Å². The minimum Gasteiger partial charge on any atom is -0.481 e. The molecule has 0 radical (unpaired) electrons. The molecule has 1 aromatic heterocycles. The van der Waals surface area contributed by atoms with Crippen LogP contribution in [0.3, 0.4) is 0 Å². The first-order valence-electron chi connectivity index (χ1n) is 8.10. The molecule has 1 fully saturated rings. The second kappa shape index (κ2) is 6.86. The summed E-state index contributed by atoms with van der Waals surface area (Å²) in [5, 5.41) is 12.5. The van der Waals surface area contributed by atoms with Crippen molar-refractivity contribution < 1.29 is 14.3 Å². The number of rotatable bonds is 5. The number of anilines is 1. The van der Waals surface area contributed by atoms with Gasteiger partial charge in [0.25, 0.3) is 0 Å². The van der Waals surface area contributed by atoms with E-state index in [4.69, 9.17) is 9.52 Å². The number of hydrogen-bond acceptors (Lipinski definition) is 4. The highest BCUT2D eigenvalue weighted by Gasteiger charge is 2.23. The van der Waals surface area contributed by atoms with E-state index in [1.165, 1.54) is 5.56 Å². The van der Waals surface area contributed by atoms with Gasteiger partial charge < -0.3 is 14.8 Å². The maximum absolute atomic E-state index is 10.8. The van der Waals surface area contributed by atoms with Crippen LogP contribution in [0.2, 0.25) is 0 Å². The standard InChI is InChI=1S/C18H22N2O3/c1-12-2-5-14(18-19-8-9-23-18)11-16(12)20-15-6-3-13(4-7-15)10-17(21)22/h2,5,8-9,11,13,15,20H,3-4,6-7,10H2,1H3,(H,21,22). The Hall–Kier alpha value is -2.30. The smallest absolute Gasteiger partial charge is 0.303 e. The van der Waals surface area contributed by atoms with E-state index in [0.717, 1.165) is 36.9 Å². The van der Waals surface area contributed by atoms with Crippen LogP contribution in [0.15, 0.2) is 35.1 Å². The van der Waals surface area contributed by atoms with Crippen LogP contribution in [0.5, 0.6) is 0 Å². The number of aliphatic carboxylic acids is 1. The molecule has 0 bridgehead atoms. The average molecular weight is 314 g/mol. The maximum atomic E-state index is 10.8. The van der Waals surface area contributed by atoms with Crippen LogP contribution in [-0.4, -0.2) is 22.1 Å². The summed E-state index contributed by atoms with van der Waals surface area (Å²) in [5.74, 6) is 0.263. The first-order chi connectivity index (χ1) is 11.1. The number of benzene rings is 1. The summed E-state index contributed by atoms with van der Waals surface area (Å²) in [7, 11) is 0. The third kappa shape index (κ3) is 3.92. The predicted octanol–water partition coefficient (Wildman–Crippen LogP) is 4.10. The fourth-order valence-electron chi connectivity index (χ4n) is 3.25. The monoisotopic (exact) mass is 314 g/mol. The van der Waals surface area contributed by atoms with Crippen molar-refractivity contribution in [3.8, 4) is 11.5 Å². The number of aryl methyl sites for hydroxylation is 1. The SMILES string of the molecule is Cc1ccc(-c2ncco2)cc1NC1CCC(CC(=O)O)CC1. The molecule has 5 nitrogen and oxygen atoms in total. The van der Waals surface area contributed by atoms with Gasteiger partial charge in [0, 0.05) is 23.7 Å². The highest BCUT2D eigenvalue weighted by atomic mass is 16.4. The number of oxazole rings is 1. The van der Waals surface area contributed by atoms with Gasteiger partial charge in [0.2, 0.25) is 5.89 Å². The zero-order chi connectivity index (χ0) is 16.2. The van der Waals surface area contributed by atoms with Crippen LogP contribution in [0.25, 0.3) is 11.5 Å². The topological polar surface area (TPSA) is 75.4 Å². The summed E-state index contributed by atoms with van der Waals surface area (Å²) in [6.45, 7) is 2.08. The minimum absolute atomic E-state index is 0.297. The summed E-state index contributed by atoms with van der Waals surface area (Å²) < 4.78 is 5.36. The Labute approximate surface area is 135 Å². The number of nitrogens with zero attached hydrogens (tertiary/aromatic N) is 1. The largest absolute Gasteiger partial charge is 0.481 e. The van der Waals surface area contributed by atoms with E-state index in [-0.39, 0.29) is 0 Å². The first kappa shape index (κ1) is 15.6. The van der Waals surface area contributed by atoms with Gasteiger partial charge in [-0.1, -0.05) is 6.07 Å². The third-order valence-electron chi connectivity index (χ3n) is 4.59. The van der Waals surface area contributed by atoms with E-state index in [1.807, 2.05) is 6.07 Å². The fourth-order valence-corrected chi connectivity index (χ4v) is 3.25. The summed E-state index contributed by atoms with van der Waals surface area (Å²) in [6, 6.07) is 6.55. The lowest BCUT2D eigenvalue weighted by molar-refractivity contribution is -0.138. The summed E-state index contributed by atoms with van der Waals surface area (Å²) in [5.41, 5.74) is 3.25. The van der Waals surface area contributed by atoms with Gasteiger partial charge in [0.1, 0.15) is 6.26 Å². The summed E-state index contributed by atoms with van der Waals surface area (Å²) in [6.07, 6.45) is 7.50. The molecule has 0 amide bonds. The quantitative estimate of drug-likeness (QED) is 0.869. The van der Waals surface area contributed by atoms with E-state index in [1.54, 1.807) is 12.5 Å². The Balaban J connectivity index is 1.64. The van der Waals surface area contributed by atoms with E-state index in [0.29, 0.717) is 24.3 Å². The van der Waals surface area contributed by atoms with Crippen LogP contribution < -0.4 is 5.32 Å². The van der Waals surface area contributed by atoms with Gasteiger partial charge in [0.15, 0.2) is 0 Å². The van der Waals surface area contributed by atoms with Crippen LogP contribution in [0.1, 0.15) is 37.7 Å². The molecule has 3 rings (SSSR count). The molecule has 5 heteroatoms. The summed E-state index contributed by atoms with van der Waals surface area (Å²) in [4.78, 5) is 15.0. The average Bonchev–Trinajstić information content (AvgIpc) is 3.05. The molecule has 1 aromatic carbocycles. The zero-order valence-electron chi connectivity index (χ0n) is 13.3. The molecule has 2 aromatic rings. The Morgan fingerprint density at radius 1 is 1.35 bits per heavy atom. The number of carbonyl (C=O) groups is 1. The van der Waals surface area contributed by atoms with Gasteiger partial charge in [-0.25, -0.2) is 4.98 Å². The minimum atomic E-state index is -0.684. The fraction of sp³-hybridized carbons (Fsp3) is 0.444. The Kier molecular flexibility index (Phi) is 4.65. The molecule has 0 saturated heterocycles. The van der Waals surface area contributed by atoms with Crippen LogP contribution >= 0.6 is 0 Å². The van der Waals surface area contributed by atoms with Gasteiger partial charge in [-0.2, -0.15) is 0 Å². The number of hydrogen-bond donors (Lipinski definition) is 2. The van der Waals surface area contributed by atoms with Crippen molar-refractivity contribution in [3.63, 3.8) is 0 Å². The molecular formula is C18H22N2O3. The molecule has 0 atom stereocenters. The molecule has 0 spiro atoms. The first-order valence-corrected chi connectivity index (χ1v) is 8.10. The number of carboxylic acids is 1. The van der Waals surface area contributed by atoms with E-state index < -0.39 is 5.97 Å². The zero-order valence-corrected chi connectivity index (χ0v) is 13.3. The second-order valence-corrected chi connectivity index (χ2v) is 6.33. The lowest BCUT2D eigenvalue weighted by atomic mass is 9.84. The highest BCUT2D eigenvalue weighted by molar-refractivity contribution is 5.67. The number of nitrogens with one attached hydrogen (secondary N) is 1. The molecule has 1 aliphatic carbocycles. The van der Waals surface area contributed by atoms with Gasteiger partial charge >= 0.3 is 5.97 Å². The van der Waals surface area contributed by atoms with Crippen molar-refractivity contribution in [1.82, 2.24) is 4.98 Å². The molecular weight excluding hydrogens is 292 g/mol. The third-order valence-corrected chi connectivity index (χ3v) is 4.59. The van der Waals surface area contributed by atoms with Crippen molar-refractivity contribution in [3.05, 3.63) is 36.2 Å². The van der Waals surface area contributed by atoms with Crippen LogP contribution in [0.4, 0.5) is 5.69 Å². The Bertz CT molecular complexity index is 659. The van der Waals surface area contributed by atoms with Crippen LogP contribution in [-0.2, 0) is 4.79 Å². The molecule has 23 heavy (non-hydrogen) atoms. The van der Waals surface area contributed by atoms with Crippen LogP contribution in [0, 0.1) is 12.8 Å². The van der Waals surface area contributed by atoms with Gasteiger partial charge in [-0.3, -0.25) is 4.79 Å². The van der Waals surface area contributed by atoms with Crippen molar-refractivity contribution >= 4 is 11.7 Å². The predicted molar refractivity (Wildman–Crippen MR) is 88.3 cm³/mol. The lowest BCUT2D eigenvalue weighted by Crippen LogP contribution is -2.27. The van der Waals surface area contributed by atoms with Crippen molar-refractivity contribution in [1.29, 1.82) is 0 Å². The number of aromatic nitrogens is 1. The maximum Gasteiger partial charge on any atom is 0.303 e.